The first-order chi connectivity index (χ1) is 11.0. The summed E-state index contributed by atoms with van der Waals surface area (Å²) in [5, 5.41) is 0. The van der Waals surface area contributed by atoms with Crippen LogP contribution in [0, 0.1) is 5.82 Å². The van der Waals surface area contributed by atoms with E-state index in [-0.39, 0.29) is 18.0 Å². The van der Waals surface area contributed by atoms with E-state index in [0.29, 0.717) is 12.1 Å². The molecule has 0 aromatic heterocycles. The van der Waals surface area contributed by atoms with E-state index in [1.54, 1.807) is 12.1 Å². The molecule has 0 bridgehead atoms. The fourth-order valence-electron chi connectivity index (χ4n) is 2.71. The Labute approximate surface area is 134 Å². The van der Waals surface area contributed by atoms with Gasteiger partial charge < -0.3 is 9.47 Å². The number of fused-ring (bicyclic) bond motifs is 1. The maximum atomic E-state index is 14.3. The van der Waals surface area contributed by atoms with Gasteiger partial charge in [0.05, 0.1) is 19.9 Å². The third-order valence-electron chi connectivity index (χ3n) is 3.85. The largest absolute Gasteiger partial charge is 0.493 e. The van der Waals surface area contributed by atoms with Crippen LogP contribution in [0.25, 0.3) is 0 Å². The SMILES string of the molecule is COc1cc(F)c(S(=O)(=O)N2CCc3ccccc32)cc1OC. The van der Waals surface area contributed by atoms with Gasteiger partial charge >= 0.3 is 0 Å². The van der Waals surface area contributed by atoms with E-state index < -0.39 is 20.7 Å². The summed E-state index contributed by atoms with van der Waals surface area (Å²) < 4.78 is 51.4. The highest BCUT2D eigenvalue weighted by Gasteiger charge is 2.33. The number of benzene rings is 2. The van der Waals surface area contributed by atoms with Crippen molar-refractivity contribution in [1.82, 2.24) is 0 Å². The van der Waals surface area contributed by atoms with Crippen molar-refractivity contribution in [2.75, 3.05) is 25.1 Å². The summed E-state index contributed by atoms with van der Waals surface area (Å²) in [4.78, 5) is -0.424. The molecule has 7 heteroatoms. The summed E-state index contributed by atoms with van der Waals surface area (Å²) in [6, 6.07) is 9.38. The molecule has 0 atom stereocenters. The summed E-state index contributed by atoms with van der Waals surface area (Å²) >= 11 is 0. The first-order valence-electron chi connectivity index (χ1n) is 7.01. The van der Waals surface area contributed by atoms with E-state index in [0.717, 1.165) is 17.7 Å². The van der Waals surface area contributed by atoms with Gasteiger partial charge in [0.25, 0.3) is 10.0 Å². The molecule has 0 radical (unpaired) electrons. The molecular formula is C16H16FNO4S. The molecule has 0 unspecified atom stereocenters. The molecule has 0 saturated heterocycles. The second-order valence-corrected chi connectivity index (χ2v) is 6.92. The minimum Gasteiger partial charge on any atom is -0.493 e. The number of rotatable bonds is 4. The lowest BCUT2D eigenvalue weighted by molar-refractivity contribution is 0.350. The minimum atomic E-state index is -4.02. The van der Waals surface area contributed by atoms with Crippen LogP contribution in [0.3, 0.4) is 0 Å². The van der Waals surface area contributed by atoms with E-state index in [4.69, 9.17) is 9.47 Å². The minimum absolute atomic E-state index is 0.144. The van der Waals surface area contributed by atoms with Gasteiger partial charge in [-0.3, -0.25) is 4.31 Å². The van der Waals surface area contributed by atoms with Gasteiger partial charge in [0, 0.05) is 18.7 Å². The number of anilines is 1. The average molecular weight is 337 g/mol. The van der Waals surface area contributed by atoms with Gasteiger partial charge in [-0.1, -0.05) is 18.2 Å². The van der Waals surface area contributed by atoms with Gasteiger partial charge in [0.15, 0.2) is 11.5 Å². The third kappa shape index (κ3) is 2.50. The molecule has 0 saturated carbocycles. The van der Waals surface area contributed by atoms with Crippen molar-refractivity contribution < 1.29 is 22.3 Å². The number of sulfonamides is 1. The summed E-state index contributed by atoms with van der Waals surface area (Å²) in [7, 11) is -1.28. The highest BCUT2D eigenvalue weighted by Crippen LogP contribution is 2.37. The van der Waals surface area contributed by atoms with Gasteiger partial charge in [0.2, 0.25) is 0 Å². The maximum Gasteiger partial charge on any atom is 0.267 e. The zero-order valence-corrected chi connectivity index (χ0v) is 13.6. The molecule has 5 nitrogen and oxygen atoms in total. The molecular weight excluding hydrogens is 321 g/mol. The Morgan fingerprint density at radius 2 is 1.74 bits per heavy atom. The Bertz CT molecular complexity index is 851. The van der Waals surface area contributed by atoms with E-state index in [1.807, 2.05) is 12.1 Å². The molecule has 3 rings (SSSR count). The Balaban J connectivity index is 2.11. The number of hydrogen-bond donors (Lipinski definition) is 0. The molecule has 23 heavy (non-hydrogen) atoms. The summed E-state index contributed by atoms with van der Waals surface area (Å²) in [5.41, 5.74) is 1.51. The standard InChI is InChI=1S/C16H16FNO4S/c1-21-14-9-12(17)16(10-15(14)22-2)23(19,20)18-8-7-11-5-3-4-6-13(11)18/h3-6,9-10H,7-8H2,1-2H3. The summed E-state index contributed by atoms with van der Waals surface area (Å²) in [6.07, 6.45) is 0.601. The molecule has 122 valence electrons. The fraction of sp³-hybridized carbons (Fsp3) is 0.250. The van der Waals surface area contributed by atoms with Crippen molar-refractivity contribution in [3.63, 3.8) is 0 Å². The molecule has 0 amide bonds. The van der Waals surface area contributed by atoms with Crippen molar-refractivity contribution in [3.05, 3.63) is 47.8 Å². The van der Waals surface area contributed by atoms with Crippen LogP contribution in [-0.2, 0) is 16.4 Å². The van der Waals surface area contributed by atoms with Crippen molar-refractivity contribution in [2.24, 2.45) is 0 Å². The number of nitrogens with zero attached hydrogens (tertiary/aromatic N) is 1. The van der Waals surface area contributed by atoms with E-state index >= 15 is 0 Å². The predicted octanol–water partition coefficient (Wildman–Crippen LogP) is 2.59. The average Bonchev–Trinajstić information content (AvgIpc) is 2.99. The topological polar surface area (TPSA) is 55.8 Å². The molecule has 0 aliphatic carbocycles. The molecule has 1 heterocycles. The fourth-order valence-corrected chi connectivity index (χ4v) is 4.28. The van der Waals surface area contributed by atoms with Crippen LogP contribution in [0.4, 0.5) is 10.1 Å². The van der Waals surface area contributed by atoms with Gasteiger partial charge in [-0.25, -0.2) is 12.8 Å². The Hall–Kier alpha value is -2.28. The zero-order chi connectivity index (χ0) is 16.6. The normalized spacial score (nSPS) is 13.8. The van der Waals surface area contributed by atoms with Crippen LogP contribution in [0.1, 0.15) is 5.56 Å². The number of halogens is 1. The molecule has 0 fully saturated rings. The highest BCUT2D eigenvalue weighted by molar-refractivity contribution is 7.92. The quantitative estimate of drug-likeness (QED) is 0.860. The summed E-state index contributed by atoms with van der Waals surface area (Å²) in [6.45, 7) is 0.287. The van der Waals surface area contributed by atoms with Crippen molar-refractivity contribution in [2.45, 2.75) is 11.3 Å². The molecule has 0 spiro atoms. The van der Waals surface area contributed by atoms with Crippen LogP contribution >= 0.6 is 0 Å². The van der Waals surface area contributed by atoms with Crippen molar-refractivity contribution in [3.8, 4) is 11.5 Å². The highest BCUT2D eigenvalue weighted by atomic mass is 32.2. The predicted molar refractivity (Wildman–Crippen MR) is 84.2 cm³/mol. The Morgan fingerprint density at radius 3 is 2.43 bits per heavy atom. The molecule has 1 aliphatic rings. The van der Waals surface area contributed by atoms with E-state index in [2.05, 4.69) is 0 Å². The smallest absolute Gasteiger partial charge is 0.267 e. The Kier molecular flexibility index (Phi) is 3.89. The molecule has 0 N–H and O–H groups in total. The number of methoxy groups -OCH3 is 2. The molecule has 1 aliphatic heterocycles. The van der Waals surface area contributed by atoms with Crippen LogP contribution < -0.4 is 13.8 Å². The monoisotopic (exact) mass is 337 g/mol. The van der Waals surface area contributed by atoms with E-state index in [9.17, 15) is 12.8 Å². The van der Waals surface area contributed by atoms with Gasteiger partial charge in [-0.2, -0.15) is 0 Å². The second kappa shape index (κ2) is 5.73. The van der Waals surface area contributed by atoms with Crippen LogP contribution in [0.5, 0.6) is 11.5 Å². The number of ether oxygens (including phenoxy) is 2. The lowest BCUT2D eigenvalue weighted by Gasteiger charge is -2.20. The lowest BCUT2D eigenvalue weighted by Crippen LogP contribution is -2.29. The van der Waals surface area contributed by atoms with Crippen molar-refractivity contribution >= 4 is 15.7 Å². The second-order valence-electron chi connectivity index (χ2n) is 5.09. The van der Waals surface area contributed by atoms with Gasteiger partial charge in [-0.05, 0) is 18.1 Å². The van der Waals surface area contributed by atoms with Crippen LogP contribution in [0.15, 0.2) is 41.3 Å². The lowest BCUT2D eigenvalue weighted by atomic mass is 10.2. The maximum absolute atomic E-state index is 14.3. The van der Waals surface area contributed by atoms with Crippen molar-refractivity contribution in [1.29, 1.82) is 0 Å². The number of hydrogen-bond acceptors (Lipinski definition) is 4. The molecule has 2 aromatic carbocycles. The zero-order valence-electron chi connectivity index (χ0n) is 12.7. The summed E-state index contributed by atoms with van der Waals surface area (Å²) in [5.74, 6) is -0.558. The Morgan fingerprint density at radius 1 is 1.09 bits per heavy atom. The van der Waals surface area contributed by atoms with Gasteiger partial charge in [-0.15, -0.1) is 0 Å². The first-order valence-corrected chi connectivity index (χ1v) is 8.45. The number of para-hydroxylation sites is 1. The van der Waals surface area contributed by atoms with Crippen LogP contribution in [0.2, 0.25) is 0 Å². The third-order valence-corrected chi connectivity index (χ3v) is 5.68. The van der Waals surface area contributed by atoms with E-state index in [1.165, 1.54) is 18.5 Å². The molecule has 2 aromatic rings. The first kappa shape index (κ1) is 15.6. The van der Waals surface area contributed by atoms with Crippen LogP contribution in [-0.4, -0.2) is 29.2 Å². The van der Waals surface area contributed by atoms with Gasteiger partial charge in [0.1, 0.15) is 10.7 Å².